The summed E-state index contributed by atoms with van der Waals surface area (Å²) >= 11 is 0. The average Bonchev–Trinajstić information content (AvgIpc) is 1.94. The van der Waals surface area contributed by atoms with Crippen molar-refractivity contribution in [2.75, 3.05) is 0 Å². The number of hydrogen-bond acceptors (Lipinski definition) is 0. The van der Waals surface area contributed by atoms with Gasteiger partial charge in [0.2, 0.25) is 0 Å². The number of hydrogen-bond donors (Lipinski definition) is 0. The van der Waals surface area contributed by atoms with E-state index in [0.717, 1.165) is 16.6 Å². The van der Waals surface area contributed by atoms with E-state index in [2.05, 4.69) is 20.6 Å². The van der Waals surface area contributed by atoms with Crippen LogP contribution in [0.5, 0.6) is 0 Å². The van der Waals surface area contributed by atoms with Gasteiger partial charge in [-0.25, -0.2) is 0 Å². The molecule has 28 valence electrons. The summed E-state index contributed by atoms with van der Waals surface area (Å²) in [5.74, 6) is 0. The molecular formula is C5H5B. The van der Waals surface area contributed by atoms with Crippen molar-refractivity contribution in [3.63, 3.8) is 0 Å². The Labute approximate surface area is 38.3 Å². The Morgan fingerprint density at radius 2 is 1.33 bits per heavy atom. The molecule has 0 bridgehead atoms. The van der Waals surface area contributed by atoms with E-state index in [-0.39, 0.29) is 0 Å². The van der Waals surface area contributed by atoms with E-state index in [1.165, 1.54) is 0 Å². The first kappa shape index (κ1) is 3.60. The van der Waals surface area contributed by atoms with Crippen LogP contribution in [0, 0.1) is 0 Å². The fourth-order valence-electron chi connectivity index (χ4n) is 0.320. The van der Waals surface area contributed by atoms with Gasteiger partial charge < -0.3 is 0 Å². The van der Waals surface area contributed by atoms with E-state index in [1.807, 2.05) is 0 Å². The summed E-state index contributed by atoms with van der Waals surface area (Å²) in [6.45, 7) is 7.26. The molecule has 1 rings (SSSR count). The number of rotatable bonds is 0. The van der Waals surface area contributed by atoms with Crippen LogP contribution in [0.3, 0.4) is 0 Å². The van der Waals surface area contributed by atoms with Crippen molar-refractivity contribution in [2.45, 2.75) is 0 Å². The van der Waals surface area contributed by atoms with E-state index in [0.29, 0.717) is 0 Å². The molecule has 6 heavy (non-hydrogen) atoms. The SMILES string of the molecule is B=C1C(=C)C1=C. The summed E-state index contributed by atoms with van der Waals surface area (Å²) in [4.78, 5) is 0. The third-order valence-electron chi connectivity index (χ3n) is 1.03. The predicted octanol–water partition coefficient (Wildman–Crippen LogP) is 0.186. The summed E-state index contributed by atoms with van der Waals surface area (Å²) in [6, 6.07) is 0. The van der Waals surface area contributed by atoms with Crippen LogP contribution in [0.4, 0.5) is 0 Å². The second-order valence-electron chi connectivity index (χ2n) is 1.44. The van der Waals surface area contributed by atoms with E-state index in [4.69, 9.17) is 0 Å². The molecule has 0 nitrogen and oxygen atoms in total. The molecule has 0 aromatic rings. The van der Waals surface area contributed by atoms with Crippen LogP contribution in [-0.2, 0) is 0 Å². The van der Waals surface area contributed by atoms with Gasteiger partial charge in [-0.3, -0.25) is 0 Å². The fourth-order valence-corrected chi connectivity index (χ4v) is 0.320. The van der Waals surface area contributed by atoms with Crippen LogP contribution in [0.1, 0.15) is 0 Å². The minimum atomic E-state index is 1.04. The van der Waals surface area contributed by atoms with Crippen LogP contribution in [0.15, 0.2) is 24.3 Å². The second-order valence-corrected chi connectivity index (χ2v) is 1.44. The van der Waals surface area contributed by atoms with Crippen molar-refractivity contribution in [1.29, 1.82) is 0 Å². The molecule has 0 saturated heterocycles. The van der Waals surface area contributed by atoms with Gasteiger partial charge in [0, 0.05) is 0 Å². The van der Waals surface area contributed by atoms with E-state index in [1.54, 1.807) is 0 Å². The molecule has 1 aliphatic rings. The third kappa shape index (κ3) is 0.225. The van der Waals surface area contributed by atoms with Gasteiger partial charge in [0.05, 0.1) is 0 Å². The molecule has 0 spiro atoms. The Morgan fingerprint density at radius 3 is 1.33 bits per heavy atom. The fraction of sp³-hybridized carbons (Fsp3) is 0. The van der Waals surface area contributed by atoms with Crippen molar-refractivity contribution < 1.29 is 0 Å². The molecule has 0 radical (unpaired) electrons. The molecular weight excluding hydrogens is 70.9 g/mol. The van der Waals surface area contributed by atoms with Crippen molar-refractivity contribution in [2.24, 2.45) is 0 Å². The van der Waals surface area contributed by atoms with E-state index in [9.17, 15) is 0 Å². The molecule has 0 aliphatic heterocycles. The molecule has 0 aromatic carbocycles. The Hall–Kier alpha value is -0.585. The van der Waals surface area contributed by atoms with E-state index >= 15 is 0 Å². The molecule has 0 atom stereocenters. The van der Waals surface area contributed by atoms with Gasteiger partial charge in [-0.1, -0.05) is 0 Å². The van der Waals surface area contributed by atoms with Gasteiger partial charge in [-0.15, -0.1) is 0 Å². The Kier molecular flexibility index (Phi) is 0.436. The van der Waals surface area contributed by atoms with Crippen LogP contribution < -0.4 is 0 Å². The summed E-state index contributed by atoms with van der Waals surface area (Å²) < 4.78 is 0. The van der Waals surface area contributed by atoms with Gasteiger partial charge in [0.1, 0.15) is 0 Å². The number of allylic oxidation sites excluding steroid dienone is 2. The molecule has 0 heterocycles. The zero-order chi connectivity index (χ0) is 4.73. The van der Waals surface area contributed by atoms with Crippen LogP contribution in [0.2, 0.25) is 0 Å². The molecule has 1 heteroatoms. The van der Waals surface area contributed by atoms with Gasteiger partial charge in [0.15, 0.2) is 0 Å². The van der Waals surface area contributed by atoms with Gasteiger partial charge in [0.25, 0.3) is 0 Å². The predicted molar refractivity (Wildman–Crippen MR) is 30.4 cm³/mol. The summed E-state index contributed by atoms with van der Waals surface area (Å²) in [5, 5.41) is 0. The molecule has 0 aromatic heterocycles. The zero-order valence-electron chi connectivity index (χ0n) is 3.62. The minimum absolute atomic E-state index is 1.04. The first-order valence-electron chi connectivity index (χ1n) is 1.81. The van der Waals surface area contributed by atoms with Crippen molar-refractivity contribution in [3.8, 4) is 0 Å². The quantitative estimate of drug-likeness (QED) is 0.361. The van der Waals surface area contributed by atoms with Crippen LogP contribution in [-0.4, -0.2) is 13.0 Å². The van der Waals surface area contributed by atoms with Crippen LogP contribution >= 0.6 is 0 Å². The van der Waals surface area contributed by atoms with Crippen LogP contribution in [0.25, 0.3) is 0 Å². The van der Waals surface area contributed by atoms with E-state index < -0.39 is 0 Å². The monoisotopic (exact) mass is 76.0 g/mol. The third-order valence-corrected chi connectivity index (χ3v) is 1.03. The Morgan fingerprint density at radius 1 is 1.17 bits per heavy atom. The maximum absolute atomic E-state index is 3.63. The maximum atomic E-state index is 3.63. The molecule has 1 fully saturated rings. The van der Waals surface area contributed by atoms with Gasteiger partial charge in [-0.2, -0.15) is 0 Å². The molecule has 0 N–H and O–H groups in total. The molecule has 0 amide bonds. The zero-order valence-corrected chi connectivity index (χ0v) is 3.62. The molecule has 1 aliphatic carbocycles. The van der Waals surface area contributed by atoms with Gasteiger partial charge in [-0.05, 0) is 0 Å². The Bertz CT molecular complexity index is 101. The summed E-state index contributed by atoms with van der Waals surface area (Å²) in [7, 11) is 3.63. The Balaban J connectivity index is 3.04. The summed E-state index contributed by atoms with van der Waals surface area (Å²) in [6.07, 6.45) is 0. The first-order valence-corrected chi connectivity index (χ1v) is 1.81. The van der Waals surface area contributed by atoms with Crippen molar-refractivity contribution in [3.05, 3.63) is 24.3 Å². The second kappa shape index (κ2) is 0.727. The van der Waals surface area contributed by atoms with Crippen molar-refractivity contribution >= 4 is 13.0 Å². The first-order chi connectivity index (χ1) is 2.73. The van der Waals surface area contributed by atoms with Crippen molar-refractivity contribution in [1.82, 2.24) is 0 Å². The average molecular weight is 75.9 g/mol. The topological polar surface area (TPSA) is 0 Å². The summed E-state index contributed by atoms with van der Waals surface area (Å²) in [5.41, 5.74) is 3.11. The van der Waals surface area contributed by atoms with Gasteiger partial charge >= 0.3 is 37.3 Å². The molecule has 1 saturated carbocycles. The standard InChI is InChI=1S/C5H5B/c1-3-4(2)5(3)6/h6H,1-2H2. The molecule has 0 unspecified atom stereocenters. The normalized spacial score (nSPS) is 18.8.